The highest BCUT2D eigenvalue weighted by molar-refractivity contribution is 6.11. The summed E-state index contributed by atoms with van der Waals surface area (Å²) in [6.45, 7) is 3.23. The topological polar surface area (TPSA) is 60.4 Å². The minimum atomic E-state index is -0.952. The Labute approximate surface area is 106 Å². The standard InChI is InChI=1S/C14H16O4/c1-3-18-13(16)9-12(10(2)15)14(17)11-7-5-4-6-8-11/h4-8,12H,3,9H2,1-2H3/t12-/m0/s1. The monoisotopic (exact) mass is 248 g/mol. The number of benzene rings is 1. The van der Waals surface area contributed by atoms with Gasteiger partial charge in [0.2, 0.25) is 0 Å². The molecule has 0 heterocycles. The molecule has 0 fully saturated rings. The predicted molar refractivity (Wildman–Crippen MR) is 66.2 cm³/mol. The Hall–Kier alpha value is -1.97. The number of esters is 1. The lowest BCUT2D eigenvalue weighted by molar-refractivity contribution is -0.145. The Morgan fingerprint density at radius 3 is 2.28 bits per heavy atom. The van der Waals surface area contributed by atoms with Crippen molar-refractivity contribution in [2.45, 2.75) is 20.3 Å². The molecule has 96 valence electrons. The van der Waals surface area contributed by atoms with Crippen LogP contribution in [0.4, 0.5) is 0 Å². The molecule has 4 nitrogen and oxygen atoms in total. The number of Topliss-reactive ketones (excluding diaryl/α,β-unsaturated/α-hetero) is 2. The summed E-state index contributed by atoms with van der Waals surface area (Å²) in [5, 5.41) is 0. The minimum Gasteiger partial charge on any atom is -0.466 e. The first kappa shape index (κ1) is 14.1. The number of ether oxygens (including phenoxy) is 1. The van der Waals surface area contributed by atoms with E-state index in [2.05, 4.69) is 0 Å². The first-order chi connectivity index (χ1) is 8.56. The maximum Gasteiger partial charge on any atom is 0.306 e. The van der Waals surface area contributed by atoms with E-state index in [1.165, 1.54) is 6.92 Å². The molecular weight excluding hydrogens is 232 g/mol. The Morgan fingerprint density at radius 1 is 1.17 bits per heavy atom. The van der Waals surface area contributed by atoms with Gasteiger partial charge in [0.25, 0.3) is 0 Å². The number of carbonyl (C=O) groups excluding carboxylic acids is 3. The SMILES string of the molecule is CCOC(=O)C[C@@H](C(C)=O)C(=O)c1ccccc1. The Bertz CT molecular complexity index is 436. The number of hydrogen-bond acceptors (Lipinski definition) is 4. The van der Waals surface area contributed by atoms with Crippen molar-refractivity contribution in [1.29, 1.82) is 0 Å². The lowest BCUT2D eigenvalue weighted by Gasteiger charge is -2.11. The predicted octanol–water partition coefficient (Wildman–Crippen LogP) is 2.03. The van der Waals surface area contributed by atoms with E-state index < -0.39 is 11.9 Å². The highest BCUT2D eigenvalue weighted by Gasteiger charge is 2.27. The zero-order valence-electron chi connectivity index (χ0n) is 10.5. The fourth-order valence-electron chi connectivity index (χ4n) is 1.61. The molecule has 1 atom stereocenters. The molecule has 4 heteroatoms. The summed E-state index contributed by atoms with van der Waals surface area (Å²) in [4.78, 5) is 34.9. The van der Waals surface area contributed by atoms with E-state index in [-0.39, 0.29) is 24.6 Å². The summed E-state index contributed by atoms with van der Waals surface area (Å²) in [5.74, 6) is -2.14. The first-order valence-corrected chi connectivity index (χ1v) is 5.81. The molecule has 1 aromatic rings. The average Bonchev–Trinajstić information content (AvgIpc) is 2.36. The quantitative estimate of drug-likeness (QED) is 0.439. The van der Waals surface area contributed by atoms with Crippen molar-refractivity contribution < 1.29 is 19.1 Å². The Morgan fingerprint density at radius 2 is 1.78 bits per heavy atom. The van der Waals surface area contributed by atoms with Crippen molar-refractivity contribution in [2.75, 3.05) is 6.61 Å². The van der Waals surface area contributed by atoms with E-state index in [4.69, 9.17) is 4.74 Å². The lowest BCUT2D eigenvalue weighted by atomic mass is 9.91. The van der Waals surface area contributed by atoms with Gasteiger partial charge in [-0.1, -0.05) is 30.3 Å². The summed E-state index contributed by atoms with van der Waals surface area (Å²) < 4.78 is 4.77. The van der Waals surface area contributed by atoms with E-state index in [0.29, 0.717) is 5.56 Å². The zero-order chi connectivity index (χ0) is 13.5. The van der Waals surface area contributed by atoms with E-state index in [0.717, 1.165) is 0 Å². The number of rotatable bonds is 6. The van der Waals surface area contributed by atoms with Crippen molar-refractivity contribution >= 4 is 17.5 Å². The minimum absolute atomic E-state index is 0.198. The van der Waals surface area contributed by atoms with Gasteiger partial charge in [0, 0.05) is 5.56 Å². The van der Waals surface area contributed by atoms with Crippen LogP contribution in [0, 0.1) is 5.92 Å². The molecule has 0 amide bonds. The van der Waals surface area contributed by atoms with Crippen LogP contribution in [0.5, 0.6) is 0 Å². The zero-order valence-corrected chi connectivity index (χ0v) is 10.5. The van der Waals surface area contributed by atoms with Gasteiger partial charge in [-0.2, -0.15) is 0 Å². The molecule has 0 aliphatic carbocycles. The normalized spacial score (nSPS) is 11.7. The summed E-state index contributed by atoms with van der Waals surface area (Å²) in [7, 11) is 0. The molecule has 0 saturated carbocycles. The van der Waals surface area contributed by atoms with Gasteiger partial charge in [0.1, 0.15) is 5.78 Å². The second-order valence-electron chi connectivity index (χ2n) is 3.90. The van der Waals surface area contributed by atoms with E-state index in [9.17, 15) is 14.4 Å². The summed E-state index contributed by atoms with van der Waals surface area (Å²) >= 11 is 0. The van der Waals surface area contributed by atoms with Crippen molar-refractivity contribution in [2.24, 2.45) is 5.92 Å². The van der Waals surface area contributed by atoms with Crippen LogP contribution in [0.2, 0.25) is 0 Å². The fraction of sp³-hybridized carbons (Fsp3) is 0.357. The summed E-state index contributed by atoms with van der Waals surface area (Å²) in [6.07, 6.45) is -0.198. The molecule has 1 rings (SSSR count). The van der Waals surface area contributed by atoms with Crippen LogP contribution in [-0.2, 0) is 14.3 Å². The van der Waals surface area contributed by atoms with Gasteiger partial charge in [0.15, 0.2) is 5.78 Å². The van der Waals surface area contributed by atoms with Crippen LogP contribution in [0.15, 0.2) is 30.3 Å². The summed E-state index contributed by atoms with van der Waals surface area (Å²) in [6, 6.07) is 8.47. The van der Waals surface area contributed by atoms with Crippen LogP contribution in [0.3, 0.4) is 0 Å². The van der Waals surface area contributed by atoms with Gasteiger partial charge < -0.3 is 4.74 Å². The van der Waals surface area contributed by atoms with Gasteiger partial charge in [-0.25, -0.2) is 0 Å². The first-order valence-electron chi connectivity index (χ1n) is 5.81. The number of hydrogen-bond donors (Lipinski definition) is 0. The molecule has 0 N–H and O–H groups in total. The molecule has 0 aromatic heterocycles. The number of carbonyl (C=O) groups is 3. The van der Waals surface area contributed by atoms with Crippen molar-refractivity contribution in [3.05, 3.63) is 35.9 Å². The largest absolute Gasteiger partial charge is 0.466 e. The van der Waals surface area contributed by atoms with Gasteiger partial charge in [-0.15, -0.1) is 0 Å². The molecule has 0 aliphatic heterocycles. The molecule has 0 spiro atoms. The average molecular weight is 248 g/mol. The molecule has 0 aliphatic rings. The van der Waals surface area contributed by atoms with Crippen molar-refractivity contribution in [3.63, 3.8) is 0 Å². The molecule has 18 heavy (non-hydrogen) atoms. The Kier molecular flexibility index (Phi) is 5.24. The van der Waals surface area contributed by atoms with E-state index in [1.54, 1.807) is 37.3 Å². The van der Waals surface area contributed by atoms with Crippen LogP contribution >= 0.6 is 0 Å². The van der Waals surface area contributed by atoms with Gasteiger partial charge in [-0.05, 0) is 13.8 Å². The molecular formula is C14H16O4. The second kappa shape index (κ2) is 6.69. The highest BCUT2D eigenvalue weighted by Crippen LogP contribution is 2.14. The van der Waals surface area contributed by atoms with Crippen LogP contribution < -0.4 is 0 Å². The van der Waals surface area contributed by atoms with Crippen LogP contribution in [0.25, 0.3) is 0 Å². The van der Waals surface area contributed by atoms with Gasteiger partial charge >= 0.3 is 5.97 Å². The van der Waals surface area contributed by atoms with Crippen molar-refractivity contribution in [3.8, 4) is 0 Å². The summed E-state index contributed by atoms with van der Waals surface area (Å²) in [5.41, 5.74) is 0.432. The van der Waals surface area contributed by atoms with E-state index in [1.807, 2.05) is 0 Å². The molecule has 0 unspecified atom stereocenters. The van der Waals surface area contributed by atoms with Crippen molar-refractivity contribution in [1.82, 2.24) is 0 Å². The van der Waals surface area contributed by atoms with Gasteiger partial charge in [0.05, 0.1) is 18.9 Å². The second-order valence-corrected chi connectivity index (χ2v) is 3.90. The van der Waals surface area contributed by atoms with Gasteiger partial charge in [-0.3, -0.25) is 14.4 Å². The Balaban J connectivity index is 2.83. The maximum atomic E-state index is 12.1. The van der Waals surface area contributed by atoms with Crippen LogP contribution in [-0.4, -0.2) is 24.1 Å². The van der Waals surface area contributed by atoms with E-state index >= 15 is 0 Å². The van der Waals surface area contributed by atoms with Crippen LogP contribution in [0.1, 0.15) is 30.6 Å². The third-order valence-corrected chi connectivity index (χ3v) is 2.54. The molecule has 1 aromatic carbocycles. The molecule has 0 bridgehead atoms. The lowest BCUT2D eigenvalue weighted by Crippen LogP contribution is -2.26. The molecule has 0 saturated heterocycles. The fourth-order valence-corrected chi connectivity index (χ4v) is 1.61. The third-order valence-electron chi connectivity index (χ3n) is 2.54. The third kappa shape index (κ3) is 3.80. The smallest absolute Gasteiger partial charge is 0.306 e. The number of ketones is 2. The highest BCUT2D eigenvalue weighted by atomic mass is 16.5. The maximum absolute atomic E-state index is 12.1. The molecule has 0 radical (unpaired) electrons.